The monoisotopic (exact) mass is 253 g/mol. The van der Waals surface area contributed by atoms with Gasteiger partial charge in [-0.15, -0.1) is 0 Å². The molecule has 0 radical (unpaired) electrons. The van der Waals surface area contributed by atoms with Crippen LogP contribution in [0.4, 0.5) is 0 Å². The Morgan fingerprint density at radius 3 is 2.58 bits per heavy atom. The van der Waals surface area contributed by atoms with Crippen molar-refractivity contribution in [3.8, 4) is 23.3 Å². The first-order valence-corrected chi connectivity index (χ1v) is 5.58. The Labute approximate surface area is 110 Å². The van der Waals surface area contributed by atoms with Crippen LogP contribution in [0.3, 0.4) is 0 Å². The van der Waals surface area contributed by atoms with Gasteiger partial charge in [0.15, 0.2) is 17.8 Å². The molecule has 19 heavy (non-hydrogen) atoms. The summed E-state index contributed by atoms with van der Waals surface area (Å²) in [7, 11) is 1.50. The van der Waals surface area contributed by atoms with Crippen molar-refractivity contribution in [3.63, 3.8) is 0 Å². The van der Waals surface area contributed by atoms with Crippen molar-refractivity contribution in [2.75, 3.05) is 7.11 Å². The highest BCUT2D eigenvalue weighted by Gasteiger charge is 2.09. The number of ether oxygens (including phenoxy) is 2. The number of carbonyl (C=O) groups is 1. The molecule has 94 valence electrons. The highest BCUT2D eigenvalue weighted by atomic mass is 16.5. The fraction of sp³-hybridized carbons (Fsp3) is 0.0667. The number of nitriles is 1. The zero-order valence-corrected chi connectivity index (χ0v) is 10.3. The van der Waals surface area contributed by atoms with Gasteiger partial charge < -0.3 is 9.47 Å². The Hall–Kier alpha value is -2.80. The smallest absolute Gasteiger partial charge is 0.169 e. The van der Waals surface area contributed by atoms with Crippen LogP contribution in [0, 0.1) is 11.3 Å². The van der Waals surface area contributed by atoms with Crippen molar-refractivity contribution in [2.45, 2.75) is 0 Å². The molecule has 2 aromatic rings. The molecule has 0 saturated heterocycles. The molecule has 0 heterocycles. The number of hydrogen-bond acceptors (Lipinski definition) is 4. The number of rotatable bonds is 4. The molecule has 0 unspecified atom stereocenters. The molecular formula is C15H11NO3. The second kappa shape index (κ2) is 5.69. The van der Waals surface area contributed by atoms with Gasteiger partial charge >= 0.3 is 0 Å². The van der Waals surface area contributed by atoms with Crippen molar-refractivity contribution in [3.05, 3.63) is 53.6 Å². The van der Waals surface area contributed by atoms with E-state index >= 15 is 0 Å². The van der Waals surface area contributed by atoms with Crippen molar-refractivity contribution in [2.24, 2.45) is 0 Å². The predicted octanol–water partition coefficient (Wildman–Crippen LogP) is 3.17. The molecule has 0 amide bonds. The Balaban J connectivity index is 2.38. The molecular weight excluding hydrogens is 242 g/mol. The lowest BCUT2D eigenvalue weighted by atomic mass is 10.2. The molecule has 0 fully saturated rings. The van der Waals surface area contributed by atoms with E-state index in [2.05, 4.69) is 0 Å². The maximum Gasteiger partial charge on any atom is 0.169 e. The first-order chi connectivity index (χ1) is 9.28. The maximum absolute atomic E-state index is 10.9. The number of carbonyl (C=O) groups excluding carboxylic acids is 1. The average Bonchev–Trinajstić information content (AvgIpc) is 2.48. The van der Waals surface area contributed by atoms with Gasteiger partial charge in [0.1, 0.15) is 5.75 Å². The van der Waals surface area contributed by atoms with E-state index in [4.69, 9.17) is 14.7 Å². The van der Waals surface area contributed by atoms with Crippen LogP contribution in [0.1, 0.15) is 15.9 Å². The summed E-state index contributed by atoms with van der Waals surface area (Å²) in [5.41, 5.74) is 0.932. The van der Waals surface area contributed by atoms with E-state index < -0.39 is 0 Å². The molecule has 0 saturated carbocycles. The van der Waals surface area contributed by atoms with Crippen LogP contribution in [0.2, 0.25) is 0 Å². The van der Waals surface area contributed by atoms with Crippen LogP contribution < -0.4 is 9.47 Å². The summed E-state index contributed by atoms with van der Waals surface area (Å²) in [6.07, 6.45) is 0.728. The molecule has 0 aromatic heterocycles. The van der Waals surface area contributed by atoms with Gasteiger partial charge in [-0.2, -0.15) is 5.26 Å². The van der Waals surface area contributed by atoms with Gasteiger partial charge in [-0.25, -0.2) is 0 Å². The van der Waals surface area contributed by atoms with Crippen LogP contribution in [0.25, 0.3) is 0 Å². The topological polar surface area (TPSA) is 59.3 Å². The zero-order valence-electron chi connectivity index (χ0n) is 10.3. The number of methoxy groups -OCH3 is 1. The fourth-order valence-electron chi connectivity index (χ4n) is 1.61. The van der Waals surface area contributed by atoms with Gasteiger partial charge in [0.2, 0.25) is 0 Å². The lowest BCUT2D eigenvalue weighted by molar-refractivity contribution is 0.112. The van der Waals surface area contributed by atoms with E-state index in [1.54, 1.807) is 42.5 Å². The minimum atomic E-state index is 0.444. The Morgan fingerprint density at radius 1 is 1.11 bits per heavy atom. The quantitative estimate of drug-likeness (QED) is 0.785. The van der Waals surface area contributed by atoms with Crippen molar-refractivity contribution in [1.82, 2.24) is 0 Å². The van der Waals surface area contributed by atoms with E-state index in [1.807, 2.05) is 6.07 Å². The minimum Gasteiger partial charge on any atom is -0.493 e. The third-order valence-corrected chi connectivity index (χ3v) is 2.56. The van der Waals surface area contributed by atoms with Gasteiger partial charge in [-0.05, 0) is 24.3 Å². The number of hydrogen-bond donors (Lipinski definition) is 0. The molecule has 2 rings (SSSR count). The normalized spacial score (nSPS) is 9.47. The molecule has 2 aromatic carbocycles. The highest BCUT2D eigenvalue weighted by molar-refractivity contribution is 5.79. The molecule has 0 aliphatic heterocycles. The third-order valence-electron chi connectivity index (χ3n) is 2.56. The lowest BCUT2D eigenvalue weighted by Gasteiger charge is -2.11. The second-order valence-electron chi connectivity index (χ2n) is 3.74. The fourth-order valence-corrected chi connectivity index (χ4v) is 1.61. The number of nitrogens with zero attached hydrogens (tertiary/aromatic N) is 1. The van der Waals surface area contributed by atoms with E-state index in [0.717, 1.165) is 6.29 Å². The van der Waals surface area contributed by atoms with Gasteiger partial charge in [-0.1, -0.05) is 12.1 Å². The van der Waals surface area contributed by atoms with Crippen LogP contribution >= 0.6 is 0 Å². The van der Waals surface area contributed by atoms with Gasteiger partial charge in [0, 0.05) is 6.07 Å². The summed E-state index contributed by atoms with van der Waals surface area (Å²) in [6.45, 7) is 0. The van der Waals surface area contributed by atoms with E-state index in [-0.39, 0.29) is 0 Å². The maximum atomic E-state index is 10.9. The lowest BCUT2D eigenvalue weighted by Crippen LogP contribution is -1.93. The van der Waals surface area contributed by atoms with E-state index in [0.29, 0.717) is 28.4 Å². The SMILES string of the molecule is COc1cc(C#N)ccc1Oc1ccccc1C=O. The first-order valence-electron chi connectivity index (χ1n) is 5.58. The summed E-state index contributed by atoms with van der Waals surface area (Å²) in [5.74, 6) is 1.34. The minimum absolute atomic E-state index is 0.444. The molecule has 0 bridgehead atoms. The predicted molar refractivity (Wildman–Crippen MR) is 69.6 cm³/mol. The zero-order chi connectivity index (χ0) is 13.7. The summed E-state index contributed by atoms with van der Waals surface area (Å²) in [5, 5.41) is 8.83. The summed E-state index contributed by atoms with van der Waals surface area (Å²) in [6, 6.07) is 13.8. The molecule has 0 aliphatic carbocycles. The Bertz CT molecular complexity index is 644. The van der Waals surface area contributed by atoms with Crippen molar-refractivity contribution in [1.29, 1.82) is 5.26 Å². The van der Waals surface area contributed by atoms with Crippen molar-refractivity contribution >= 4 is 6.29 Å². The highest BCUT2D eigenvalue weighted by Crippen LogP contribution is 2.33. The van der Waals surface area contributed by atoms with Gasteiger partial charge in [0.05, 0.1) is 24.3 Å². The number of para-hydroxylation sites is 1. The van der Waals surface area contributed by atoms with Crippen LogP contribution in [-0.4, -0.2) is 13.4 Å². The molecule has 0 aliphatic rings. The average molecular weight is 253 g/mol. The van der Waals surface area contributed by atoms with E-state index in [9.17, 15) is 4.79 Å². The number of benzene rings is 2. The standard InChI is InChI=1S/C15H11NO3/c1-18-15-8-11(9-16)6-7-14(15)19-13-5-3-2-4-12(13)10-17/h2-8,10H,1H3. The Kier molecular flexibility index (Phi) is 3.79. The van der Waals surface area contributed by atoms with Crippen LogP contribution in [0.15, 0.2) is 42.5 Å². The summed E-state index contributed by atoms with van der Waals surface area (Å²) < 4.78 is 10.8. The summed E-state index contributed by atoms with van der Waals surface area (Å²) in [4.78, 5) is 10.9. The largest absolute Gasteiger partial charge is 0.493 e. The molecule has 0 spiro atoms. The van der Waals surface area contributed by atoms with Crippen LogP contribution in [0.5, 0.6) is 17.2 Å². The van der Waals surface area contributed by atoms with Crippen LogP contribution in [-0.2, 0) is 0 Å². The molecule has 4 heteroatoms. The molecule has 4 nitrogen and oxygen atoms in total. The first kappa shape index (κ1) is 12.7. The van der Waals surface area contributed by atoms with Crippen molar-refractivity contribution < 1.29 is 14.3 Å². The third kappa shape index (κ3) is 2.72. The molecule has 0 atom stereocenters. The van der Waals surface area contributed by atoms with Gasteiger partial charge in [0.25, 0.3) is 0 Å². The molecule has 0 N–H and O–H groups in total. The Morgan fingerprint density at radius 2 is 1.89 bits per heavy atom. The second-order valence-corrected chi connectivity index (χ2v) is 3.74. The van der Waals surface area contributed by atoms with Gasteiger partial charge in [-0.3, -0.25) is 4.79 Å². The number of aldehydes is 1. The summed E-state index contributed by atoms with van der Waals surface area (Å²) >= 11 is 0. The van der Waals surface area contributed by atoms with E-state index in [1.165, 1.54) is 7.11 Å².